The summed E-state index contributed by atoms with van der Waals surface area (Å²) < 4.78 is 14.0. The lowest BCUT2D eigenvalue weighted by Gasteiger charge is -2.27. The zero-order valence-corrected chi connectivity index (χ0v) is 13.2. The van der Waals surface area contributed by atoms with Crippen molar-refractivity contribution in [2.75, 3.05) is 11.9 Å². The molecule has 3 nitrogen and oxygen atoms in total. The van der Waals surface area contributed by atoms with Crippen LogP contribution in [0.1, 0.15) is 31.2 Å². The van der Waals surface area contributed by atoms with Crippen LogP contribution >= 0.6 is 15.9 Å². The van der Waals surface area contributed by atoms with Crippen molar-refractivity contribution in [2.24, 2.45) is 17.6 Å². The molecule has 1 aliphatic carbocycles. The zero-order chi connectivity index (χ0) is 14.7. The zero-order valence-electron chi connectivity index (χ0n) is 11.6. The van der Waals surface area contributed by atoms with Crippen LogP contribution in [0.25, 0.3) is 0 Å². The molecule has 20 heavy (non-hydrogen) atoms. The third-order valence-electron chi connectivity index (χ3n) is 4.08. The topological polar surface area (TPSA) is 55.1 Å². The van der Waals surface area contributed by atoms with Gasteiger partial charge in [0.25, 0.3) is 0 Å². The molecule has 1 saturated carbocycles. The summed E-state index contributed by atoms with van der Waals surface area (Å²) in [5, 5.41) is 2.85. The van der Waals surface area contributed by atoms with Gasteiger partial charge in [0.1, 0.15) is 5.82 Å². The number of rotatable bonds is 3. The summed E-state index contributed by atoms with van der Waals surface area (Å²) in [6.45, 7) is 2.55. The van der Waals surface area contributed by atoms with Crippen LogP contribution in [0.3, 0.4) is 0 Å². The lowest BCUT2D eigenvalue weighted by Crippen LogP contribution is -2.29. The number of hydrogen-bond acceptors (Lipinski definition) is 2. The van der Waals surface area contributed by atoms with Gasteiger partial charge in [0.2, 0.25) is 5.91 Å². The molecular formula is C15H20BrFN2O. The van der Waals surface area contributed by atoms with Crippen molar-refractivity contribution in [1.82, 2.24) is 0 Å². The molecule has 3 N–H and O–H groups in total. The van der Waals surface area contributed by atoms with Crippen molar-refractivity contribution in [2.45, 2.75) is 32.6 Å². The Morgan fingerprint density at radius 1 is 1.40 bits per heavy atom. The van der Waals surface area contributed by atoms with Gasteiger partial charge in [-0.3, -0.25) is 4.79 Å². The number of benzene rings is 1. The highest BCUT2D eigenvalue weighted by Gasteiger charge is 2.26. The fourth-order valence-electron chi connectivity index (χ4n) is 2.68. The van der Waals surface area contributed by atoms with E-state index >= 15 is 0 Å². The van der Waals surface area contributed by atoms with Crippen LogP contribution in [0.2, 0.25) is 0 Å². The van der Waals surface area contributed by atoms with Gasteiger partial charge in [-0.15, -0.1) is 0 Å². The number of aryl methyl sites for hydroxylation is 1. The molecule has 1 fully saturated rings. The highest BCUT2D eigenvalue weighted by atomic mass is 79.9. The van der Waals surface area contributed by atoms with Crippen LogP contribution in [-0.2, 0) is 4.79 Å². The Morgan fingerprint density at radius 3 is 2.65 bits per heavy atom. The molecule has 0 unspecified atom stereocenters. The van der Waals surface area contributed by atoms with E-state index in [0.717, 1.165) is 31.2 Å². The van der Waals surface area contributed by atoms with Crippen molar-refractivity contribution < 1.29 is 9.18 Å². The fourth-order valence-corrected chi connectivity index (χ4v) is 3.13. The SMILES string of the molecule is Cc1cc(Br)c(F)cc1NC(=O)C1CCC(CN)CC1. The number of amides is 1. The lowest BCUT2D eigenvalue weighted by molar-refractivity contribution is -0.121. The van der Waals surface area contributed by atoms with Crippen LogP contribution in [0.4, 0.5) is 10.1 Å². The molecule has 0 heterocycles. The Hall–Kier alpha value is -0.940. The van der Waals surface area contributed by atoms with Gasteiger partial charge in [0, 0.05) is 11.6 Å². The molecule has 0 spiro atoms. The van der Waals surface area contributed by atoms with Crippen molar-refractivity contribution >= 4 is 27.5 Å². The average molecular weight is 343 g/mol. The van der Waals surface area contributed by atoms with Gasteiger partial charge in [-0.2, -0.15) is 0 Å². The van der Waals surface area contributed by atoms with Crippen LogP contribution in [0, 0.1) is 24.6 Å². The van der Waals surface area contributed by atoms with E-state index < -0.39 is 0 Å². The highest BCUT2D eigenvalue weighted by Crippen LogP contribution is 2.30. The standard InChI is InChI=1S/C15H20BrFN2O/c1-9-6-12(16)13(17)7-14(9)19-15(20)11-4-2-10(8-18)3-5-11/h6-7,10-11H,2-5,8,18H2,1H3,(H,19,20). The molecule has 1 amide bonds. The summed E-state index contributed by atoms with van der Waals surface area (Å²) in [5.41, 5.74) is 7.05. The van der Waals surface area contributed by atoms with Gasteiger partial charge in [-0.1, -0.05) is 0 Å². The molecule has 1 aliphatic rings. The largest absolute Gasteiger partial charge is 0.330 e. The van der Waals surface area contributed by atoms with Crippen LogP contribution in [0.15, 0.2) is 16.6 Å². The molecule has 1 aromatic carbocycles. The summed E-state index contributed by atoms with van der Waals surface area (Å²) in [5.74, 6) is 0.192. The minimum atomic E-state index is -0.363. The maximum absolute atomic E-state index is 13.5. The molecule has 110 valence electrons. The van der Waals surface area contributed by atoms with Gasteiger partial charge in [0.15, 0.2) is 0 Å². The molecule has 5 heteroatoms. The predicted octanol–water partition coefficient (Wildman–Crippen LogP) is 3.60. The van der Waals surface area contributed by atoms with E-state index in [4.69, 9.17) is 5.73 Å². The second-order valence-corrected chi connectivity index (χ2v) is 6.38. The Balaban J connectivity index is 2.00. The van der Waals surface area contributed by atoms with Crippen LogP contribution in [-0.4, -0.2) is 12.5 Å². The Labute approximate surface area is 127 Å². The molecule has 2 rings (SSSR count). The molecule has 0 radical (unpaired) electrons. The van der Waals surface area contributed by atoms with E-state index in [-0.39, 0.29) is 17.6 Å². The number of carbonyl (C=O) groups excluding carboxylic acids is 1. The first-order valence-electron chi connectivity index (χ1n) is 6.97. The molecule has 1 aromatic rings. The normalized spacial score (nSPS) is 22.6. The summed E-state index contributed by atoms with van der Waals surface area (Å²) >= 11 is 3.14. The number of anilines is 1. The Kier molecular flexibility index (Phi) is 5.16. The van der Waals surface area contributed by atoms with E-state index in [1.807, 2.05) is 6.92 Å². The molecule has 0 aliphatic heterocycles. The third kappa shape index (κ3) is 3.58. The van der Waals surface area contributed by atoms with Crippen LogP contribution in [0.5, 0.6) is 0 Å². The second-order valence-electron chi connectivity index (χ2n) is 5.52. The van der Waals surface area contributed by atoms with Crippen molar-refractivity contribution in [3.8, 4) is 0 Å². The van der Waals surface area contributed by atoms with E-state index in [1.54, 1.807) is 6.07 Å². The van der Waals surface area contributed by atoms with E-state index in [1.165, 1.54) is 6.07 Å². The van der Waals surface area contributed by atoms with E-state index in [9.17, 15) is 9.18 Å². The molecule has 0 aromatic heterocycles. The maximum Gasteiger partial charge on any atom is 0.227 e. The smallest absolute Gasteiger partial charge is 0.227 e. The Morgan fingerprint density at radius 2 is 2.05 bits per heavy atom. The predicted molar refractivity (Wildman–Crippen MR) is 82.0 cm³/mol. The maximum atomic E-state index is 13.5. The first-order valence-corrected chi connectivity index (χ1v) is 7.77. The van der Waals surface area contributed by atoms with Crippen molar-refractivity contribution in [3.05, 3.63) is 28.0 Å². The van der Waals surface area contributed by atoms with Gasteiger partial charge in [-0.25, -0.2) is 4.39 Å². The number of nitrogens with one attached hydrogen (secondary N) is 1. The van der Waals surface area contributed by atoms with Crippen molar-refractivity contribution in [3.63, 3.8) is 0 Å². The second kappa shape index (κ2) is 6.68. The summed E-state index contributed by atoms with van der Waals surface area (Å²) in [4.78, 5) is 12.2. The van der Waals surface area contributed by atoms with E-state index in [2.05, 4.69) is 21.2 Å². The first-order chi connectivity index (χ1) is 9.51. The molecule has 0 atom stereocenters. The average Bonchev–Trinajstić information content (AvgIpc) is 2.44. The monoisotopic (exact) mass is 342 g/mol. The fraction of sp³-hybridized carbons (Fsp3) is 0.533. The minimum Gasteiger partial charge on any atom is -0.330 e. The molecule has 0 saturated heterocycles. The third-order valence-corrected chi connectivity index (χ3v) is 4.68. The van der Waals surface area contributed by atoms with Gasteiger partial charge >= 0.3 is 0 Å². The highest BCUT2D eigenvalue weighted by molar-refractivity contribution is 9.10. The quantitative estimate of drug-likeness (QED) is 0.881. The molecular weight excluding hydrogens is 323 g/mol. The van der Waals surface area contributed by atoms with Crippen molar-refractivity contribution in [1.29, 1.82) is 0 Å². The van der Waals surface area contributed by atoms with Gasteiger partial charge < -0.3 is 11.1 Å². The molecule has 0 bridgehead atoms. The van der Waals surface area contributed by atoms with Crippen LogP contribution < -0.4 is 11.1 Å². The summed E-state index contributed by atoms with van der Waals surface area (Å²) in [6.07, 6.45) is 3.74. The Bertz CT molecular complexity index is 499. The van der Waals surface area contributed by atoms with Gasteiger partial charge in [0.05, 0.1) is 4.47 Å². The number of nitrogens with two attached hydrogens (primary N) is 1. The number of halogens is 2. The lowest BCUT2D eigenvalue weighted by atomic mass is 9.81. The number of hydrogen-bond donors (Lipinski definition) is 2. The minimum absolute atomic E-state index is 0.00899. The van der Waals surface area contributed by atoms with Gasteiger partial charge in [-0.05, 0) is 78.7 Å². The first kappa shape index (κ1) is 15.4. The summed E-state index contributed by atoms with van der Waals surface area (Å²) in [7, 11) is 0. The van der Waals surface area contributed by atoms with E-state index in [0.29, 0.717) is 22.6 Å². The summed E-state index contributed by atoms with van der Waals surface area (Å²) in [6, 6.07) is 3.04. The number of carbonyl (C=O) groups is 1.